The lowest BCUT2D eigenvalue weighted by molar-refractivity contribution is 0.129. The van der Waals surface area contributed by atoms with E-state index in [1.54, 1.807) is 0 Å². The second kappa shape index (κ2) is 5.51. The van der Waals surface area contributed by atoms with Crippen LogP contribution in [0, 0.1) is 11.3 Å². The number of likely N-dealkylation sites (N-methyl/N-ethyl adjacent to an activating group) is 1. The summed E-state index contributed by atoms with van der Waals surface area (Å²) in [5.74, 6) is 0. The Bertz CT molecular complexity index is 419. The molecule has 0 bridgehead atoms. The number of benzene rings is 1. The third-order valence-corrected chi connectivity index (χ3v) is 3.87. The van der Waals surface area contributed by atoms with Crippen LogP contribution in [0.5, 0.6) is 0 Å². The maximum atomic E-state index is 9.42. The van der Waals surface area contributed by atoms with Crippen LogP contribution < -0.4 is 5.73 Å². The van der Waals surface area contributed by atoms with Crippen LogP contribution in [-0.4, -0.2) is 24.0 Å². The van der Waals surface area contributed by atoms with Crippen molar-refractivity contribution < 1.29 is 0 Å². The minimum Gasteiger partial charge on any atom is -0.309 e. The highest BCUT2D eigenvalue weighted by Crippen LogP contribution is 2.23. The first-order valence-corrected chi connectivity index (χ1v) is 6.32. The summed E-state index contributed by atoms with van der Waals surface area (Å²) >= 11 is 0. The lowest BCUT2D eigenvalue weighted by atomic mass is 9.89. The standard InChI is InChI=1S/C15H23N3/c1-5-14(2,3)18(4)12-15(17,11-16)13-9-7-6-8-10-13/h6-10H,5,12,17H2,1-4H3. The second-order valence-corrected chi connectivity index (χ2v) is 5.47. The molecule has 0 spiro atoms. The minimum atomic E-state index is -0.956. The van der Waals surface area contributed by atoms with E-state index in [2.05, 4.69) is 31.7 Å². The zero-order valence-electron chi connectivity index (χ0n) is 11.8. The number of nitriles is 1. The number of hydrogen-bond donors (Lipinski definition) is 1. The van der Waals surface area contributed by atoms with Crippen LogP contribution in [0.25, 0.3) is 0 Å². The summed E-state index contributed by atoms with van der Waals surface area (Å²) in [6, 6.07) is 11.8. The Hall–Kier alpha value is -1.37. The van der Waals surface area contributed by atoms with Gasteiger partial charge >= 0.3 is 0 Å². The summed E-state index contributed by atoms with van der Waals surface area (Å²) in [6.07, 6.45) is 1.01. The van der Waals surface area contributed by atoms with E-state index in [4.69, 9.17) is 5.73 Å². The summed E-state index contributed by atoms with van der Waals surface area (Å²) in [7, 11) is 2.02. The molecule has 3 nitrogen and oxygen atoms in total. The van der Waals surface area contributed by atoms with Gasteiger partial charge in [-0.3, -0.25) is 4.90 Å². The molecule has 0 amide bonds. The highest BCUT2D eigenvalue weighted by Gasteiger charge is 2.33. The summed E-state index contributed by atoms with van der Waals surface area (Å²) in [5, 5.41) is 9.42. The average Bonchev–Trinajstić information content (AvgIpc) is 2.39. The van der Waals surface area contributed by atoms with Crippen LogP contribution in [0.2, 0.25) is 0 Å². The van der Waals surface area contributed by atoms with E-state index in [-0.39, 0.29) is 5.54 Å². The maximum Gasteiger partial charge on any atom is 0.142 e. The van der Waals surface area contributed by atoms with Crippen molar-refractivity contribution in [2.45, 2.75) is 38.3 Å². The largest absolute Gasteiger partial charge is 0.309 e. The SMILES string of the molecule is CCC(C)(C)N(C)CC(N)(C#N)c1ccccc1. The topological polar surface area (TPSA) is 53.0 Å². The van der Waals surface area contributed by atoms with Crippen molar-refractivity contribution in [1.29, 1.82) is 5.26 Å². The van der Waals surface area contributed by atoms with Gasteiger partial charge in [-0.25, -0.2) is 0 Å². The van der Waals surface area contributed by atoms with Gasteiger partial charge in [0.05, 0.1) is 6.07 Å². The molecular formula is C15H23N3. The van der Waals surface area contributed by atoms with E-state index in [0.717, 1.165) is 12.0 Å². The van der Waals surface area contributed by atoms with Gasteiger partial charge < -0.3 is 5.73 Å². The maximum absolute atomic E-state index is 9.42. The van der Waals surface area contributed by atoms with Crippen molar-refractivity contribution in [3.63, 3.8) is 0 Å². The fraction of sp³-hybridized carbons (Fsp3) is 0.533. The van der Waals surface area contributed by atoms with Crippen LogP contribution in [0.3, 0.4) is 0 Å². The summed E-state index contributed by atoms with van der Waals surface area (Å²) in [5.41, 5.74) is 6.22. The van der Waals surface area contributed by atoms with Crippen molar-refractivity contribution in [2.24, 2.45) is 5.73 Å². The molecule has 0 saturated carbocycles. The zero-order valence-corrected chi connectivity index (χ0v) is 11.8. The second-order valence-electron chi connectivity index (χ2n) is 5.47. The van der Waals surface area contributed by atoms with Gasteiger partial charge in [0, 0.05) is 12.1 Å². The quantitative estimate of drug-likeness (QED) is 0.867. The van der Waals surface area contributed by atoms with E-state index >= 15 is 0 Å². The van der Waals surface area contributed by atoms with E-state index < -0.39 is 5.54 Å². The Morgan fingerprint density at radius 1 is 1.28 bits per heavy atom. The molecule has 0 aromatic heterocycles. The normalized spacial score (nSPS) is 15.2. The summed E-state index contributed by atoms with van der Waals surface area (Å²) in [6.45, 7) is 6.99. The minimum absolute atomic E-state index is 0.0379. The molecular weight excluding hydrogens is 222 g/mol. The number of nitrogens with two attached hydrogens (primary N) is 1. The van der Waals surface area contributed by atoms with Crippen molar-refractivity contribution in [2.75, 3.05) is 13.6 Å². The van der Waals surface area contributed by atoms with Crippen molar-refractivity contribution >= 4 is 0 Å². The summed E-state index contributed by atoms with van der Waals surface area (Å²) in [4.78, 5) is 2.16. The molecule has 1 atom stereocenters. The van der Waals surface area contributed by atoms with E-state index in [0.29, 0.717) is 6.54 Å². The molecule has 2 N–H and O–H groups in total. The lowest BCUT2D eigenvalue weighted by Crippen LogP contribution is -2.52. The Morgan fingerprint density at radius 3 is 2.28 bits per heavy atom. The molecule has 1 aromatic rings. The zero-order chi connectivity index (χ0) is 13.8. The molecule has 1 unspecified atom stereocenters. The van der Waals surface area contributed by atoms with Gasteiger partial charge in [0.1, 0.15) is 5.54 Å². The van der Waals surface area contributed by atoms with Crippen LogP contribution in [0.15, 0.2) is 30.3 Å². The molecule has 0 radical (unpaired) electrons. The fourth-order valence-corrected chi connectivity index (χ4v) is 1.78. The number of rotatable bonds is 5. The van der Waals surface area contributed by atoms with E-state index in [1.807, 2.05) is 37.4 Å². The van der Waals surface area contributed by atoms with Gasteiger partial charge in [-0.2, -0.15) is 5.26 Å². The number of nitrogens with zero attached hydrogens (tertiary/aromatic N) is 2. The molecule has 0 fully saturated rings. The predicted molar refractivity (Wildman–Crippen MR) is 74.9 cm³/mol. The Kier molecular flexibility index (Phi) is 4.50. The predicted octanol–water partition coefficient (Wildman–Crippen LogP) is 2.48. The molecule has 0 aliphatic heterocycles. The molecule has 0 heterocycles. The smallest absolute Gasteiger partial charge is 0.142 e. The van der Waals surface area contributed by atoms with Crippen molar-refractivity contribution in [1.82, 2.24) is 4.90 Å². The van der Waals surface area contributed by atoms with Gasteiger partial charge in [0.15, 0.2) is 0 Å². The molecule has 1 rings (SSSR count). The first kappa shape index (κ1) is 14.7. The van der Waals surface area contributed by atoms with Gasteiger partial charge in [0.2, 0.25) is 0 Å². The van der Waals surface area contributed by atoms with Crippen molar-refractivity contribution in [3.05, 3.63) is 35.9 Å². The van der Waals surface area contributed by atoms with Crippen molar-refractivity contribution in [3.8, 4) is 6.07 Å². The highest BCUT2D eigenvalue weighted by atomic mass is 15.2. The van der Waals surface area contributed by atoms with Gasteiger partial charge in [-0.15, -0.1) is 0 Å². The summed E-state index contributed by atoms with van der Waals surface area (Å²) < 4.78 is 0. The average molecular weight is 245 g/mol. The van der Waals surface area contributed by atoms with Crippen LogP contribution in [-0.2, 0) is 5.54 Å². The monoisotopic (exact) mass is 245 g/mol. The highest BCUT2D eigenvalue weighted by molar-refractivity contribution is 5.31. The van der Waals surface area contributed by atoms with Crippen LogP contribution in [0.1, 0.15) is 32.8 Å². The van der Waals surface area contributed by atoms with Crippen LogP contribution >= 0.6 is 0 Å². The van der Waals surface area contributed by atoms with Gasteiger partial charge in [-0.1, -0.05) is 37.3 Å². The van der Waals surface area contributed by atoms with Crippen LogP contribution in [0.4, 0.5) is 0 Å². The molecule has 0 aliphatic carbocycles. The van der Waals surface area contributed by atoms with E-state index in [1.165, 1.54) is 0 Å². The van der Waals surface area contributed by atoms with E-state index in [9.17, 15) is 5.26 Å². The van der Waals surface area contributed by atoms with Gasteiger partial charge in [0.25, 0.3) is 0 Å². The molecule has 98 valence electrons. The molecule has 1 aromatic carbocycles. The first-order chi connectivity index (χ1) is 8.35. The fourth-order valence-electron chi connectivity index (χ4n) is 1.78. The molecule has 0 aliphatic rings. The number of hydrogen-bond acceptors (Lipinski definition) is 3. The first-order valence-electron chi connectivity index (χ1n) is 6.32. The Balaban J connectivity index is 2.96. The molecule has 0 saturated heterocycles. The lowest BCUT2D eigenvalue weighted by Gasteiger charge is -2.39. The Morgan fingerprint density at radius 2 is 1.83 bits per heavy atom. The third kappa shape index (κ3) is 3.10. The Labute approximate surface area is 110 Å². The van der Waals surface area contributed by atoms with Gasteiger partial charge in [-0.05, 0) is 32.9 Å². The molecule has 3 heteroatoms. The molecule has 18 heavy (non-hydrogen) atoms. The third-order valence-electron chi connectivity index (χ3n) is 3.87.